The second-order valence-electron chi connectivity index (χ2n) is 5.81. The van der Waals surface area contributed by atoms with E-state index in [2.05, 4.69) is 49.4 Å². The van der Waals surface area contributed by atoms with Gasteiger partial charge in [-0.15, -0.1) is 0 Å². The molecule has 1 unspecified atom stereocenters. The van der Waals surface area contributed by atoms with Gasteiger partial charge in [-0.05, 0) is 31.9 Å². The van der Waals surface area contributed by atoms with Gasteiger partial charge >= 0.3 is 0 Å². The minimum Gasteiger partial charge on any atom is -0.357 e. The lowest BCUT2D eigenvalue weighted by atomic mass is 10.2. The van der Waals surface area contributed by atoms with E-state index in [0.717, 1.165) is 29.9 Å². The van der Waals surface area contributed by atoms with E-state index >= 15 is 0 Å². The number of aliphatic imine (C=N–C) groups is 1. The van der Waals surface area contributed by atoms with Crippen molar-refractivity contribution in [3.63, 3.8) is 0 Å². The maximum Gasteiger partial charge on any atom is 0.222 e. The van der Waals surface area contributed by atoms with Crippen molar-refractivity contribution < 1.29 is 4.79 Å². The van der Waals surface area contributed by atoms with Gasteiger partial charge in [-0.3, -0.25) is 9.79 Å². The lowest BCUT2D eigenvalue weighted by Gasteiger charge is -2.22. The first kappa shape index (κ1) is 20.5. The molecule has 0 aliphatic rings. The summed E-state index contributed by atoms with van der Waals surface area (Å²) in [6, 6.07) is 8.36. The van der Waals surface area contributed by atoms with E-state index in [9.17, 15) is 4.79 Å². The van der Waals surface area contributed by atoms with Crippen LogP contribution in [0.3, 0.4) is 0 Å². The fourth-order valence-electron chi connectivity index (χ4n) is 2.14. The van der Waals surface area contributed by atoms with Crippen LogP contribution in [0.25, 0.3) is 0 Å². The zero-order valence-electron chi connectivity index (χ0n) is 15.1. The van der Waals surface area contributed by atoms with E-state index < -0.39 is 0 Å². The summed E-state index contributed by atoms with van der Waals surface area (Å²) in [7, 11) is 2.00. The van der Waals surface area contributed by atoms with Crippen LogP contribution in [-0.4, -0.2) is 42.9 Å². The van der Waals surface area contributed by atoms with Crippen LogP contribution in [0.5, 0.6) is 0 Å². The van der Waals surface area contributed by atoms with E-state index in [0.29, 0.717) is 13.0 Å². The van der Waals surface area contributed by atoms with Gasteiger partial charge in [0.05, 0.1) is 6.54 Å². The van der Waals surface area contributed by atoms with Crippen LogP contribution < -0.4 is 10.6 Å². The number of carbonyl (C=O) groups excluding carboxylic acids is 1. The third-order valence-electron chi connectivity index (χ3n) is 3.68. The van der Waals surface area contributed by atoms with Gasteiger partial charge in [0.25, 0.3) is 0 Å². The maximum atomic E-state index is 11.8. The molecule has 0 saturated carbocycles. The summed E-state index contributed by atoms with van der Waals surface area (Å²) < 4.78 is 1.08. The van der Waals surface area contributed by atoms with Gasteiger partial charge in [-0.1, -0.05) is 41.1 Å². The summed E-state index contributed by atoms with van der Waals surface area (Å²) >= 11 is 3.57. The molecule has 24 heavy (non-hydrogen) atoms. The van der Waals surface area contributed by atoms with Gasteiger partial charge in [0.15, 0.2) is 5.96 Å². The molecule has 1 aromatic rings. The zero-order valence-corrected chi connectivity index (χ0v) is 16.7. The molecule has 0 aromatic heterocycles. The number of rotatable bonds is 8. The number of amides is 1. The number of nitrogens with one attached hydrogen (secondary N) is 2. The van der Waals surface area contributed by atoms with E-state index in [-0.39, 0.29) is 11.9 Å². The Bertz CT molecular complexity index is 548. The van der Waals surface area contributed by atoms with Gasteiger partial charge in [0, 0.05) is 37.1 Å². The molecule has 0 bridgehead atoms. The average molecular weight is 397 g/mol. The first-order valence-electron chi connectivity index (χ1n) is 8.50. The smallest absolute Gasteiger partial charge is 0.222 e. The van der Waals surface area contributed by atoms with Crippen LogP contribution in [0.2, 0.25) is 0 Å². The molecule has 1 aromatic carbocycles. The Labute approximate surface area is 154 Å². The van der Waals surface area contributed by atoms with Gasteiger partial charge in [-0.25, -0.2) is 0 Å². The number of hydrogen-bond acceptors (Lipinski definition) is 2. The molecule has 0 heterocycles. The largest absolute Gasteiger partial charge is 0.357 e. The molecule has 2 N–H and O–H groups in total. The molecule has 0 saturated heterocycles. The van der Waals surface area contributed by atoms with Crippen molar-refractivity contribution in [1.82, 2.24) is 15.5 Å². The molecule has 0 radical (unpaired) electrons. The summed E-state index contributed by atoms with van der Waals surface area (Å²) in [5.41, 5.74) is 1.19. The molecule has 1 rings (SSSR count). The second-order valence-corrected chi connectivity index (χ2v) is 6.66. The van der Waals surface area contributed by atoms with Crippen molar-refractivity contribution in [3.05, 3.63) is 34.3 Å². The third kappa shape index (κ3) is 7.34. The Morgan fingerprint density at radius 2 is 2.04 bits per heavy atom. The lowest BCUT2D eigenvalue weighted by molar-refractivity contribution is -0.121. The van der Waals surface area contributed by atoms with Crippen molar-refractivity contribution in [1.29, 1.82) is 0 Å². The van der Waals surface area contributed by atoms with Gasteiger partial charge in [-0.2, -0.15) is 0 Å². The highest BCUT2D eigenvalue weighted by Crippen LogP contribution is 2.17. The van der Waals surface area contributed by atoms with Crippen molar-refractivity contribution >= 4 is 27.8 Å². The minimum absolute atomic E-state index is 0.0532. The van der Waals surface area contributed by atoms with E-state index in [1.807, 2.05) is 39.1 Å². The molecule has 6 heteroatoms. The minimum atomic E-state index is 0.0532. The number of halogens is 1. The summed E-state index contributed by atoms with van der Waals surface area (Å²) in [6.07, 6.45) is 1.34. The molecule has 1 atom stereocenters. The molecule has 0 spiro atoms. The molecule has 1 amide bonds. The van der Waals surface area contributed by atoms with Crippen LogP contribution in [0.15, 0.2) is 33.7 Å². The first-order chi connectivity index (χ1) is 11.5. The molecule has 0 aliphatic carbocycles. The van der Waals surface area contributed by atoms with Gasteiger partial charge in [0.1, 0.15) is 0 Å². The predicted molar refractivity (Wildman–Crippen MR) is 104 cm³/mol. The normalized spacial score (nSPS) is 12.6. The lowest BCUT2D eigenvalue weighted by Crippen LogP contribution is -2.39. The average Bonchev–Trinajstić information content (AvgIpc) is 2.55. The highest BCUT2D eigenvalue weighted by atomic mass is 79.9. The Morgan fingerprint density at radius 3 is 2.67 bits per heavy atom. The Kier molecular flexibility index (Phi) is 9.45. The number of benzene rings is 1. The van der Waals surface area contributed by atoms with E-state index in [4.69, 9.17) is 0 Å². The Hall–Kier alpha value is -1.56. The highest BCUT2D eigenvalue weighted by Gasteiger charge is 2.09. The molecule has 5 nitrogen and oxygen atoms in total. The first-order valence-corrected chi connectivity index (χ1v) is 9.29. The summed E-state index contributed by atoms with van der Waals surface area (Å²) in [4.78, 5) is 18.5. The number of nitrogens with zero attached hydrogens (tertiary/aromatic N) is 2. The SMILES string of the molecule is CCNC(=NCCC(=O)NC(C)CC)N(C)Cc1ccccc1Br. The summed E-state index contributed by atoms with van der Waals surface area (Å²) in [5.74, 6) is 0.863. The summed E-state index contributed by atoms with van der Waals surface area (Å²) in [6.45, 7) is 8.12. The van der Waals surface area contributed by atoms with E-state index in [1.54, 1.807) is 0 Å². The van der Waals surface area contributed by atoms with Crippen molar-refractivity contribution in [3.8, 4) is 0 Å². The van der Waals surface area contributed by atoms with Crippen molar-refractivity contribution in [2.45, 2.75) is 46.2 Å². The molecule has 0 aliphatic heterocycles. The van der Waals surface area contributed by atoms with Crippen molar-refractivity contribution in [2.75, 3.05) is 20.1 Å². The Morgan fingerprint density at radius 1 is 1.33 bits per heavy atom. The molecule has 0 fully saturated rings. The van der Waals surface area contributed by atoms with Crippen LogP contribution >= 0.6 is 15.9 Å². The van der Waals surface area contributed by atoms with E-state index in [1.165, 1.54) is 5.56 Å². The zero-order chi connectivity index (χ0) is 17.9. The topological polar surface area (TPSA) is 56.7 Å². The van der Waals surface area contributed by atoms with Crippen LogP contribution in [0, 0.1) is 0 Å². The number of guanidine groups is 1. The number of carbonyl (C=O) groups is 1. The van der Waals surface area contributed by atoms with Crippen LogP contribution in [0.1, 0.15) is 39.2 Å². The maximum absolute atomic E-state index is 11.8. The van der Waals surface area contributed by atoms with Crippen molar-refractivity contribution in [2.24, 2.45) is 4.99 Å². The third-order valence-corrected chi connectivity index (χ3v) is 4.46. The second kappa shape index (κ2) is 11.1. The molecular weight excluding hydrogens is 368 g/mol. The highest BCUT2D eigenvalue weighted by molar-refractivity contribution is 9.10. The number of hydrogen-bond donors (Lipinski definition) is 2. The summed E-state index contributed by atoms with van der Waals surface area (Å²) in [5, 5.41) is 6.24. The predicted octanol–water partition coefficient (Wildman–Crippen LogP) is 3.15. The standard InChI is InChI=1S/C18H29BrN4O/c1-5-14(3)22-17(24)11-12-21-18(20-6-2)23(4)13-15-9-7-8-10-16(15)19/h7-10,14H,5-6,11-13H2,1-4H3,(H,20,21)(H,22,24). The quantitative estimate of drug-likeness (QED) is 0.524. The monoisotopic (exact) mass is 396 g/mol. The van der Waals surface area contributed by atoms with Gasteiger partial charge < -0.3 is 15.5 Å². The molecule has 134 valence electrons. The fourth-order valence-corrected chi connectivity index (χ4v) is 2.55. The fraction of sp³-hybridized carbons (Fsp3) is 0.556. The Balaban J connectivity index is 2.61. The molecular formula is C18H29BrN4O. The van der Waals surface area contributed by atoms with Crippen LogP contribution in [0.4, 0.5) is 0 Å². The van der Waals surface area contributed by atoms with Gasteiger partial charge in [0.2, 0.25) is 5.91 Å². The van der Waals surface area contributed by atoms with Crippen LogP contribution in [-0.2, 0) is 11.3 Å².